The molecule has 7 atom stereocenters. The van der Waals surface area contributed by atoms with Crippen molar-refractivity contribution in [1.82, 2.24) is 4.90 Å². The molecular formula is C27H37NO8. The van der Waals surface area contributed by atoms with Crippen LogP contribution in [0, 0.1) is 11.3 Å². The number of hydrogen-bond donors (Lipinski definition) is 1. The van der Waals surface area contributed by atoms with Crippen molar-refractivity contribution >= 4 is 23.7 Å². The number of allylic oxidation sites excluding steroid dienone is 1. The summed E-state index contributed by atoms with van der Waals surface area (Å²) in [6.07, 6.45) is 1.98. The first-order valence-corrected chi connectivity index (χ1v) is 12.7. The molecule has 0 heterocycles. The zero-order chi connectivity index (χ0) is 26.6. The van der Waals surface area contributed by atoms with Crippen LogP contribution in [0.15, 0.2) is 22.8 Å². The molecule has 198 valence electrons. The van der Waals surface area contributed by atoms with E-state index < -0.39 is 53.3 Å². The molecule has 4 aliphatic carbocycles. The molecule has 0 aromatic rings. The van der Waals surface area contributed by atoms with Gasteiger partial charge in [0.05, 0.1) is 11.6 Å². The summed E-state index contributed by atoms with van der Waals surface area (Å²) in [7, 11) is 3.66. The van der Waals surface area contributed by atoms with Crippen molar-refractivity contribution in [3.05, 3.63) is 22.8 Å². The Labute approximate surface area is 211 Å². The fourth-order valence-corrected chi connectivity index (χ4v) is 6.91. The van der Waals surface area contributed by atoms with Gasteiger partial charge in [-0.3, -0.25) is 19.2 Å². The molecule has 0 amide bonds. The maximum absolute atomic E-state index is 12.9. The minimum atomic E-state index is -1.34. The van der Waals surface area contributed by atoms with Gasteiger partial charge in [0.2, 0.25) is 0 Å². The highest BCUT2D eigenvalue weighted by atomic mass is 16.6. The molecule has 0 saturated heterocycles. The van der Waals surface area contributed by atoms with Gasteiger partial charge in [-0.25, -0.2) is 0 Å². The Bertz CT molecular complexity index is 1040. The number of likely N-dealkylation sites (N-methyl/N-ethyl adjacent to an activating group) is 1. The molecular weight excluding hydrogens is 466 g/mol. The van der Waals surface area contributed by atoms with E-state index in [2.05, 4.69) is 0 Å². The average Bonchev–Trinajstić information content (AvgIpc) is 2.94. The fraction of sp³-hybridized carbons (Fsp3) is 0.704. The summed E-state index contributed by atoms with van der Waals surface area (Å²) >= 11 is 0. The molecule has 2 saturated carbocycles. The second kappa shape index (κ2) is 9.41. The Balaban J connectivity index is 1.89. The van der Waals surface area contributed by atoms with E-state index in [1.165, 1.54) is 20.8 Å². The van der Waals surface area contributed by atoms with Gasteiger partial charge in [-0.05, 0) is 57.3 Å². The SMILES string of the molecule is CC(=O)OC1C[C@]2(C)C(=O)CC[C@H]2C2=C1C=C1[C@@H](OC(C)=O)[C@H](OC(C)=O)[C@@H](N(C)C)C[C@]1(O)CC2. The molecule has 1 N–H and O–H groups in total. The molecule has 9 heteroatoms. The van der Waals surface area contributed by atoms with Crippen LogP contribution in [0.1, 0.15) is 66.2 Å². The minimum Gasteiger partial charge on any atom is -0.458 e. The van der Waals surface area contributed by atoms with Gasteiger partial charge in [-0.15, -0.1) is 0 Å². The Hall–Kier alpha value is -2.52. The third kappa shape index (κ3) is 4.52. The maximum Gasteiger partial charge on any atom is 0.303 e. The Morgan fingerprint density at radius 1 is 1.00 bits per heavy atom. The van der Waals surface area contributed by atoms with E-state index >= 15 is 0 Å². The Morgan fingerprint density at radius 3 is 2.22 bits per heavy atom. The molecule has 2 fully saturated rings. The van der Waals surface area contributed by atoms with E-state index in [0.717, 1.165) is 11.1 Å². The molecule has 1 unspecified atom stereocenters. The molecule has 0 spiro atoms. The predicted octanol–water partition coefficient (Wildman–Crippen LogP) is 2.25. The zero-order valence-corrected chi connectivity index (χ0v) is 22.0. The summed E-state index contributed by atoms with van der Waals surface area (Å²) in [5.74, 6) is -1.37. The molecule has 0 aromatic carbocycles. The molecule has 36 heavy (non-hydrogen) atoms. The van der Waals surface area contributed by atoms with Crippen molar-refractivity contribution < 1.29 is 38.5 Å². The van der Waals surface area contributed by atoms with Crippen LogP contribution in [0.25, 0.3) is 0 Å². The van der Waals surface area contributed by atoms with Crippen molar-refractivity contribution in [2.45, 2.75) is 96.2 Å². The minimum absolute atomic E-state index is 0.00602. The second-order valence-electron chi connectivity index (χ2n) is 11.2. The van der Waals surface area contributed by atoms with Gasteiger partial charge in [-0.2, -0.15) is 0 Å². The molecule has 4 aliphatic rings. The van der Waals surface area contributed by atoms with Crippen LogP contribution in [0.3, 0.4) is 0 Å². The van der Waals surface area contributed by atoms with Gasteiger partial charge in [0, 0.05) is 44.6 Å². The number of Topliss-reactive ketones (excluding diaryl/α,β-unsaturated/α-hetero) is 1. The van der Waals surface area contributed by atoms with Gasteiger partial charge in [-0.1, -0.05) is 12.5 Å². The van der Waals surface area contributed by atoms with Gasteiger partial charge < -0.3 is 24.2 Å². The van der Waals surface area contributed by atoms with Crippen molar-refractivity contribution in [2.24, 2.45) is 11.3 Å². The lowest BCUT2D eigenvalue weighted by atomic mass is 9.64. The van der Waals surface area contributed by atoms with Crippen LogP contribution in [-0.4, -0.2) is 77.7 Å². The zero-order valence-electron chi connectivity index (χ0n) is 22.0. The maximum atomic E-state index is 12.9. The molecule has 0 aliphatic heterocycles. The quantitative estimate of drug-likeness (QED) is 0.455. The summed E-state index contributed by atoms with van der Waals surface area (Å²) in [5.41, 5.74) is 0.246. The summed E-state index contributed by atoms with van der Waals surface area (Å²) in [6, 6.07) is -0.405. The van der Waals surface area contributed by atoms with Gasteiger partial charge in [0.25, 0.3) is 0 Å². The lowest BCUT2D eigenvalue weighted by Crippen LogP contribution is -2.60. The Kier molecular flexibility index (Phi) is 6.94. The van der Waals surface area contributed by atoms with E-state index in [-0.39, 0.29) is 18.1 Å². The molecule has 0 aromatic heterocycles. The number of ketones is 1. The number of rotatable bonds is 4. The third-order valence-electron chi connectivity index (χ3n) is 8.57. The fourth-order valence-electron chi connectivity index (χ4n) is 6.91. The number of ether oxygens (including phenoxy) is 3. The summed E-state index contributed by atoms with van der Waals surface area (Å²) in [6.45, 7) is 5.87. The number of esters is 3. The Morgan fingerprint density at radius 2 is 1.64 bits per heavy atom. The van der Waals surface area contributed by atoms with Crippen LogP contribution >= 0.6 is 0 Å². The highest BCUT2D eigenvalue weighted by Crippen LogP contribution is 2.56. The number of hydrogen-bond acceptors (Lipinski definition) is 9. The van der Waals surface area contributed by atoms with Gasteiger partial charge >= 0.3 is 17.9 Å². The number of aliphatic hydroxyl groups is 1. The van der Waals surface area contributed by atoms with Gasteiger partial charge in [0.15, 0.2) is 12.2 Å². The predicted molar refractivity (Wildman–Crippen MR) is 129 cm³/mol. The van der Waals surface area contributed by atoms with Crippen molar-refractivity contribution in [3.63, 3.8) is 0 Å². The van der Waals surface area contributed by atoms with E-state index in [1.807, 2.05) is 25.9 Å². The first-order chi connectivity index (χ1) is 16.8. The first-order valence-electron chi connectivity index (χ1n) is 12.7. The van der Waals surface area contributed by atoms with E-state index in [0.29, 0.717) is 37.7 Å². The second-order valence-corrected chi connectivity index (χ2v) is 11.2. The monoisotopic (exact) mass is 503 g/mol. The molecule has 0 radical (unpaired) electrons. The smallest absolute Gasteiger partial charge is 0.303 e. The highest BCUT2D eigenvalue weighted by molar-refractivity contribution is 5.88. The first kappa shape index (κ1) is 26.5. The number of fused-ring (bicyclic) bond motifs is 3. The van der Waals surface area contributed by atoms with E-state index in [9.17, 15) is 24.3 Å². The summed E-state index contributed by atoms with van der Waals surface area (Å²) in [4.78, 5) is 51.1. The highest BCUT2D eigenvalue weighted by Gasteiger charge is 2.57. The molecule has 0 bridgehead atoms. The van der Waals surface area contributed by atoms with E-state index in [1.54, 1.807) is 6.08 Å². The number of carbonyl (C=O) groups is 4. The van der Waals surface area contributed by atoms with E-state index in [4.69, 9.17) is 14.2 Å². The van der Waals surface area contributed by atoms with Crippen molar-refractivity contribution in [1.29, 1.82) is 0 Å². The normalized spacial score (nSPS) is 37.8. The van der Waals surface area contributed by atoms with Crippen LogP contribution in [0.5, 0.6) is 0 Å². The largest absolute Gasteiger partial charge is 0.458 e. The standard InChI is InChI=1S/C27H37NO8/c1-14(29)34-22-13-26(4)19(7-8-23(26)32)17-9-10-27(33)12-21(28(5)6)25(36-16(3)31)24(35-15(2)30)20(27)11-18(17)22/h11,19,21-22,24-25,33H,7-10,12-13H2,1-6H3/t19-,21-,22?,24+,25+,26-,27+/m0/s1. The van der Waals surface area contributed by atoms with Crippen LogP contribution < -0.4 is 0 Å². The third-order valence-corrected chi connectivity index (χ3v) is 8.57. The van der Waals surface area contributed by atoms with Gasteiger partial charge in [0.1, 0.15) is 11.9 Å². The number of carbonyl (C=O) groups excluding carboxylic acids is 4. The van der Waals surface area contributed by atoms with Crippen LogP contribution in [0.4, 0.5) is 0 Å². The summed E-state index contributed by atoms with van der Waals surface area (Å²) < 4.78 is 17.2. The topological polar surface area (TPSA) is 119 Å². The lowest BCUT2D eigenvalue weighted by Gasteiger charge is -2.48. The van der Waals surface area contributed by atoms with Crippen molar-refractivity contribution in [2.75, 3.05) is 14.1 Å². The lowest BCUT2D eigenvalue weighted by molar-refractivity contribution is -0.177. The summed E-state index contributed by atoms with van der Waals surface area (Å²) in [5, 5.41) is 12.1. The van der Waals surface area contributed by atoms with Crippen LogP contribution in [-0.2, 0) is 33.4 Å². The molecule has 9 nitrogen and oxygen atoms in total. The van der Waals surface area contributed by atoms with Crippen LogP contribution in [0.2, 0.25) is 0 Å². The van der Waals surface area contributed by atoms with Crippen molar-refractivity contribution in [3.8, 4) is 0 Å². The number of nitrogens with zero attached hydrogens (tertiary/aromatic N) is 1. The molecule has 4 rings (SSSR count). The average molecular weight is 504 g/mol.